The molecule has 0 bridgehead atoms. The van der Waals surface area contributed by atoms with Crippen molar-refractivity contribution in [2.75, 3.05) is 6.54 Å². The van der Waals surface area contributed by atoms with Gasteiger partial charge in [0.05, 0.1) is 0 Å². The molecule has 1 fully saturated rings. The van der Waals surface area contributed by atoms with E-state index in [0.29, 0.717) is 5.41 Å². The highest BCUT2D eigenvalue weighted by molar-refractivity contribution is 4.88. The van der Waals surface area contributed by atoms with Gasteiger partial charge in [0.2, 0.25) is 0 Å². The molecular formula is C12H25N. The molecule has 0 amide bonds. The van der Waals surface area contributed by atoms with E-state index in [4.69, 9.17) is 0 Å². The number of nitrogens with one attached hydrogen (secondary N) is 1. The Labute approximate surface area is 83.3 Å². The normalized spacial score (nSPS) is 22.2. The van der Waals surface area contributed by atoms with Crippen LogP contribution in [0.5, 0.6) is 0 Å². The molecule has 1 nitrogen and oxygen atoms in total. The van der Waals surface area contributed by atoms with E-state index in [1.165, 1.54) is 25.7 Å². The van der Waals surface area contributed by atoms with E-state index in [1.54, 1.807) is 0 Å². The van der Waals surface area contributed by atoms with Crippen LogP contribution in [0.15, 0.2) is 0 Å². The fourth-order valence-electron chi connectivity index (χ4n) is 2.69. The molecule has 78 valence electrons. The van der Waals surface area contributed by atoms with Gasteiger partial charge in [0.15, 0.2) is 0 Å². The summed E-state index contributed by atoms with van der Waals surface area (Å²) < 4.78 is 0. The van der Waals surface area contributed by atoms with Crippen molar-refractivity contribution in [3.05, 3.63) is 0 Å². The Morgan fingerprint density at radius 2 is 1.77 bits per heavy atom. The summed E-state index contributed by atoms with van der Waals surface area (Å²) in [5, 5.41) is 3.66. The van der Waals surface area contributed by atoms with Gasteiger partial charge in [0.25, 0.3) is 0 Å². The van der Waals surface area contributed by atoms with Crippen LogP contribution in [0.4, 0.5) is 0 Å². The van der Waals surface area contributed by atoms with Crippen LogP contribution >= 0.6 is 0 Å². The van der Waals surface area contributed by atoms with Crippen LogP contribution in [0.2, 0.25) is 0 Å². The Bertz CT molecular complexity index is 140. The van der Waals surface area contributed by atoms with Crippen LogP contribution in [0.1, 0.15) is 53.4 Å². The average molecular weight is 183 g/mol. The molecule has 0 aromatic rings. The molecule has 0 radical (unpaired) electrons. The lowest BCUT2D eigenvalue weighted by Crippen LogP contribution is -2.45. The molecule has 1 N–H and O–H groups in total. The first-order valence-corrected chi connectivity index (χ1v) is 5.79. The van der Waals surface area contributed by atoms with Crippen LogP contribution in [-0.4, -0.2) is 12.6 Å². The third kappa shape index (κ3) is 2.98. The molecule has 1 unspecified atom stereocenters. The van der Waals surface area contributed by atoms with E-state index in [1.807, 2.05) is 0 Å². The van der Waals surface area contributed by atoms with E-state index in [9.17, 15) is 0 Å². The lowest BCUT2D eigenvalue weighted by molar-refractivity contribution is 0.197. The van der Waals surface area contributed by atoms with Crippen LogP contribution in [0, 0.1) is 11.3 Å². The third-order valence-electron chi connectivity index (χ3n) is 3.23. The minimum Gasteiger partial charge on any atom is -0.313 e. The topological polar surface area (TPSA) is 12.0 Å². The van der Waals surface area contributed by atoms with Crippen molar-refractivity contribution < 1.29 is 0 Å². The maximum Gasteiger partial charge on any atom is 0.0144 e. The summed E-state index contributed by atoms with van der Waals surface area (Å²) in [4.78, 5) is 0. The zero-order chi connectivity index (χ0) is 9.90. The van der Waals surface area contributed by atoms with Gasteiger partial charge in [-0.25, -0.2) is 0 Å². The van der Waals surface area contributed by atoms with Crippen molar-refractivity contribution in [2.24, 2.45) is 11.3 Å². The predicted octanol–water partition coefficient (Wildman–Crippen LogP) is 3.20. The van der Waals surface area contributed by atoms with E-state index < -0.39 is 0 Å². The summed E-state index contributed by atoms with van der Waals surface area (Å²) in [7, 11) is 0. The fraction of sp³-hybridized carbons (Fsp3) is 1.00. The molecule has 1 aliphatic carbocycles. The van der Waals surface area contributed by atoms with Crippen molar-refractivity contribution in [1.29, 1.82) is 0 Å². The zero-order valence-corrected chi connectivity index (χ0v) is 9.69. The minimum absolute atomic E-state index is 0.422. The summed E-state index contributed by atoms with van der Waals surface area (Å²) in [6, 6.07) is 0.722. The molecule has 1 atom stereocenters. The molecule has 0 aromatic carbocycles. The Morgan fingerprint density at radius 1 is 1.23 bits per heavy atom. The highest BCUT2D eigenvalue weighted by Gasteiger charge is 2.32. The van der Waals surface area contributed by atoms with Crippen molar-refractivity contribution >= 4 is 0 Å². The second-order valence-electron chi connectivity index (χ2n) is 5.45. The Balaban J connectivity index is 2.55. The van der Waals surface area contributed by atoms with Gasteiger partial charge in [-0.1, -0.05) is 40.5 Å². The van der Waals surface area contributed by atoms with Crippen molar-refractivity contribution in [2.45, 2.75) is 59.4 Å². The van der Waals surface area contributed by atoms with Crippen molar-refractivity contribution in [3.63, 3.8) is 0 Å². The lowest BCUT2D eigenvalue weighted by Gasteiger charge is -2.36. The second-order valence-corrected chi connectivity index (χ2v) is 5.45. The van der Waals surface area contributed by atoms with E-state index in [0.717, 1.165) is 18.5 Å². The first-order chi connectivity index (χ1) is 6.05. The highest BCUT2D eigenvalue weighted by Crippen LogP contribution is 2.35. The van der Waals surface area contributed by atoms with Gasteiger partial charge in [-0.3, -0.25) is 0 Å². The van der Waals surface area contributed by atoms with Crippen LogP contribution in [0.25, 0.3) is 0 Å². The fourth-order valence-corrected chi connectivity index (χ4v) is 2.69. The van der Waals surface area contributed by atoms with Gasteiger partial charge in [-0.2, -0.15) is 0 Å². The molecule has 13 heavy (non-hydrogen) atoms. The number of rotatable bonds is 3. The molecular weight excluding hydrogens is 158 g/mol. The van der Waals surface area contributed by atoms with Gasteiger partial charge < -0.3 is 5.32 Å². The lowest BCUT2D eigenvalue weighted by atomic mass is 9.78. The summed E-state index contributed by atoms with van der Waals surface area (Å²) in [6.45, 7) is 10.4. The summed E-state index contributed by atoms with van der Waals surface area (Å²) in [6.07, 6.45) is 5.77. The molecule has 0 aliphatic heterocycles. The monoisotopic (exact) mass is 183 g/mol. The van der Waals surface area contributed by atoms with E-state index >= 15 is 0 Å². The summed E-state index contributed by atoms with van der Waals surface area (Å²) >= 11 is 0. The molecule has 1 aliphatic rings. The number of hydrogen-bond acceptors (Lipinski definition) is 1. The molecule has 0 spiro atoms. The van der Waals surface area contributed by atoms with Gasteiger partial charge >= 0.3 is 0 Å². The van der Waals surface area contributed by atoms with E-state index in [-0.39, 0.29) is 0 Å². The number of hydrogen-bond donors (Lipinski definition) is 1. The van der Waals surface area contributed by atoms with Crippen molar-refractivity contribution in [1.82, 2.24) is 5.32 Å². The van der Waals surface area contributed by atoms with E-state index in [2.05, 4.69) is 33.0 Å². The largest absolute Gasteiger partial charge is 0.313 e. The highest BCUT2D eigenvalue weighted by atomic mass is 14.9. The first kappa shape index (κ1) is 11.0. The zero-order valence-electron chi connectivity index (χ0n) is 9.69. The van der Waals surface area contributed by atoms with Gasteiger partial charge in [0.1, 0.15) is 0 Å². The molecule has 1 rings (SSSR count). The smallest absolute Gasteiger partial charge is 0.0144 e. The maximum absolute atomic E-state index is 3.66. The first-order valence-electron chi connectivity index (χ1n) is 5.79. The minimum atomic E-state index is 0.422. The maximum atomic E-state index is 3.66. The molecule has 0 heterocycles. The average Bonchev–Trinajstić information content (AvgIpc) is 2.49. The second kappa shape index (κ2) is 4.45. The summed E-state index contributed by atoms with van der Waals surface area (Å²) in [5.74, 6) is 0.931. The standard InChI is InChI=1S/C12H25N/c1-5-13-11(12(2,3)4)10-8-6-7-9-10/h10-11,13H,5-9H2,1-4H3. The SMILES string of the molecule is CCNC(C1CCCC1)C(C)(C)C. The predicted molar refractivity (Wildman–Crippen MR) is 58.9 cm³/mol. The van der Waals surface area contributed by atoms with Gasteiger partial charge in [-0.05, 0) is 30.7 Å². The Kier molecular flexibility index (Phi) is 3.78. The van der Waals surface area contributed by atoms with Crippen molar-refractivity contribution in [3.8, 4) is 0 Å². The molecule has 1 heteroatoms. The molecule has 1 saturated carbocycles. The van der Waals surface area contributed by atoms with Crippen LogP contribution in [0.3, 0.4) is 0 Å². The van der Waals surface area contributed by atoms with Crippen LogP contribution < -0.4 is 5.32 Å². The Hall–Kier alpha value is -0.0400. The Morgan fingerprint density at radius 3 is 2.15 bits per heavy atom. The molecule has 0 saturated heterocycles. The van der Waals surface area contributed by atoms with Crippen LogP contribution in [-0.2, 0) is 0 Å². The van der Waals surface area contributed by atoms with Gasteiger partial charge in [0, 0.05) is 6.04 Å². The summed E-state index contributed by atoms with van der Waals surface area (Å²) in [5.41, 5.74) is 0.422. The van der Waals surface area contributed by atoms with Gasteiger partial charge in [-0.15, -0.1) is 0 Å². The quantitative estimate of drug-likeness (QED) is 0.708. The third-order valence-corrected chi connectivity index (χ3v) is 3.23. The molecule has 0 aromatic heterocycles.